The first-order valence-electron chi connectivity index (χ1n) is 6.88. The number of aromatic amines is 1. The maximum Gasteiger partial charge on any atom is 0.0676 e. The van der Waals surface area contributed by atoms with E-state index in [9.17, 15) is 0 Å². The number of H-pyrrole nitrogens is 1. The molecule has 1 aromatic carbocycles. The van der Waals surface area contributed by atoms with Crippen molar-refractivity contribution < 1.29 is 0 Å². The molecular weight excluding hydrogens is 248 g/mol. The van der Waals surface area contributed by atoms with E-state index in [1.807, 2.05) is 18.8 Å². The molecule has 3 rings (SSSR count). The zero-order valence-corrected chi connectivity index (χ0v) is 12.4. The summed E-state index contributed by atoms with van der Waals surface area (Å²) in [4.78, 5) is 3.47. The van der Waals surface area contributed by atoms with Crippen LogP contribution in [0.3, 0.4) is 0 Å². The molecule has 4 heteroatoms. The molecule has 3 aromatic rings. The smallest absolute Gasteiger partial charge is 0.0676 e. The summed E-state index contributed by atoms with van der Waals surface area (Å²) < 4.78 is 1.97. The summed E-state index contributed by atoms with van der Waals surface area (Å²) in [5.74, 6) is 0. The topological polar surface area (TPSA) is 45.6 Å². The Labute approximate surface area is 118 Å². The highest BCUT2D eigenvalue weighted by atomic mass is 15.3. The van der Waals surface area contributed by atoms with Crippen molar-refractivity contribution in [3.8, 4) is 11.1 Å². The predicted molar refractivity (Wildman–Crippen MR) is 82.7 cm³/mol. The van der Waals surface area contributed by atoms with Gasteiger partial charge >= 0.3 is 0 Å². The maximum atomic E-state index is 4.60. The minimum Gasteiger partial charge on any atom is -0.358 e. The van der Waals surface area contributed by atoms with Crippen molar-refractivity contribution in [1.82, 2.24) is 20.1 Å². The van der Waals surface area contributed by atoms with Crippen LogP contribution in [-0.4, -0.2) is 21.8 Å². The summed E-state index contributed by atoms with van der Waals surface area (Å²) in [6, 6.07) is 8.44. The number of fused-ring (bicyclic) bond motifs is 1. The van der Waals surface area contributed by atoms with Crippen LogP contribution in [0.1, 0.15) is 17.1 Å². The molecule has 2 N–H and O–H groups in total. The van der Waals surface area contributed by atoms with Gasteiger partial charge in [0.05, 0.1) is 11.4 Å². The molecule has 0 fully saturated rings. The summed E-state index contributed by atoms with van der Waals surface area (Å²) in [7, 11) is 3.97. The molecule has 0 unspecified atom stereocenters. The highest BCUT2D eigenvalue weighted by molar-refractivity contribution is 5.98. The number of aromatic nitrogens is 3. The second-order valence-electron chi connectivity index (χ2n) is 5.23. The Balaban J connectivity index is 2.33. The first kappa shape index (κ1) is 12.9. The van der Waals surface area contributed by atoms with Crippen LogP contribution in [0.25, 0.3) is 22.0 Å². The molecule has 20 heavy (non-hydrogen) atoms. The van der Waals surface area contributed by atoms with E-state index in [0.717, 1.165) is 12.2 Å². The highest BCUT2D eigenvalue weighted by Gasteiger charge is 2.19. The number of para-hydroxylation sites is 1. The highest BCUT2D eigenvalue weighted by Crippen LogP contribution is 2.36. The van der Waals surface area contributed by atoms with Crippen LogP contribution in [0.5, 0.6) is 0 Å². The molecule has 0 bridgehead atoms. The van der Waals surface area contributed by atoms with Crippen molar-refractivity contribution in [3.05, 3.63) is 41.3 Å². The van der Waals surface area contributed by atoms with E-state index >= 15 is 0 Å². The zero-order chi connectivity index (χ0) is 14.3. The van der Waals surface area contributed by atoms with Gasteiger partial charge in [-0.25, -0.2) is 0 Å². The second kappa shape index (κ2) is 4.80. The monoisotopic (exact) mass is 268 g/mol. The number of rotatable bonds is 3. The maximum absolute atomic E-state index is 4.60. The number of nitrogens with one attached hydrogen (secondary N) is 2. The lowest BCUT2D eigenvalue weighted by Gasteiger charge is -2.07. The lowest BCUT2D eigenvalue weighted by molar-refractivity contribution is 0.669. The Morgan fingerprint density at radius 2 is 1.95 bits per heavy atom. The summed E-state index contributed by atoms with van der Waals surface area (Å²) in [6.45, 7) is 5.02. The Morgan fingerprint density at radius 3 is 2.70 bits per heavy atom. The fraction of sp³-hybridized carbons (Fsp3) is 0.312. The Bertz CT molecular complexity index is 764. The van der Waals surface area contributed by atoms with Crippen molar-refractivity contribution in [2.75, 3.05) is 7.05 Å². The molecule has 0 aliphatic rings. The Morgan fingerprint density at radius 1 is 1.20 bits per heavy atom. The van der Waals surface area contributed by atoms with E-state index in [1.165, 1.54) is 33.4 Å². The van der Waals surface area contributed by atoms with Gasteiger partial charge in [0.25, 0.3) is 0 Å². The van der Waals surface area contributed by atoms with Gasteiger partial charge in [0.1, 0.15) is 0 Å². The van der Waals surface area contributed by atoms with Crippen molar-refractivity contribution in [2.24, 2.45) is 7.05 Å². The van der Waals surface area contributed by atoms with E-state index in [4.69, 9.17) is 0 Å². The van der Waals surface area contributed by atoms with E-state index in [1.54, 1.807) is 0 Å². The van der Waals surface area contributed by atoms with Crippen LogP contribution in [-0.2, 0) is 13.6 Å². The van der Waals surface area contributed by atoms with E-state index in [-0.39, 0.29) is 0 Å². The van der Waals surface area contributed by atoms with Gasteiger partial charge in [-0.15, -0.1) is 0 Å². The number of aryl methyl sites for hydroxylation is 3. The number of benzene rings is 1. The molecule has 0 spiro atoms. The van der Waals surface area contributed by atoms with Crippen LogP contribution in [0.4, 0.5) is 0 Å². The Kier molecular flexibility index (Phi) is 3.10. The fourth-order valence-corrected chi connectivity index (χ4v) is 3.00. The SMILES string of the molecule is CNCc1c(-c2c(C)[nH]c3ccccc23)c(C)nn1C. The minimum absolute atomic E-state index is 0.811. The average molecular weight is 268 g/mol. The normalized spacial score (nSPS) is 11.4. The summed E-state index contributed by atoms with van der Waals surface area (Å²) in [6.07, 6.45) is 0. The molecular formula is C16H20N4. The van der Waals surface area contributed by atoms with Gasteiger partial charge in [0.15, 0.2) is 0 Å². The molecule has 0 atom stereocenters. The van der Waals surface area contributed by atoms with E-state index < -0.39 is 0 Å². The average Bonchev–Trinajstić information content (AvgIpc) is 2.87. The molecule has 0 radical (unpaired) electrons. The van der Waals surface area contributed by atoms with Gasteiger partial charge in [-0.1, -0.05) is 18.2 Å². The number of hydrogen-bond donors (Lipinski definition) is 2. The van der Waals surface area contributed by atoms with Gasteiger partial charge in [-0.05, 0) is 27.0 Å². The number of nitrogens with zero attached hydrogens (tertiary/aromatic N) is 2. The van der Waals surface area contributed by atoms with Crippen molar-refractivity contribution in [1.29, 1.82) is 0 Å². The molecule has 0 saturated carbocycles. The van der Waals surface area contributed by atoms with Crippen molar-refractivity contribution >= 4 is 10.9 Å². The largest absolute Gasteiger partial charge is 0.358 e. The molecule has 0 saturated heterocycles. The zero-order valence-electron chi connectivity index (χ0n) is 12.4. The quantitative estimate of drug-likeness (QED) is 0.767. The van der Waals surface area contributed by atoms with Gasteiger partial charge in [-0.3, -0.25) is 4.68 Å². The molecule has 2 aromatic heterocycles. The molecule has 0 aliphatic carbocycles. The van der Waals surface area contributed by atoms with Gasteiger partial charge in [0, 0.05) is 41.3 Å². The van der Waals surface area contributed by atoms with Crippen LogP contribution >= 0.6 is 0 Å². The first-order chi connectivity index (χ1) is 9.63. The molecule has 2 heterocycles. The Hall–Kier alpha value is -2.07. The van der Waals surface area contributed by atoms with E-state index in [2.05, 4.69) is 53.5 Å². The van der Waals surface area contributed by atoms with Crippen LogP contribution in [0.2, 0.25) is 0 Å². The summed E-state index contributed by atoms with van der Waals surface area (Å²) in [5, 5.41) is 9.10. The molecule has 0 amide bonds. The predicted octanol–water partition coefficient (Wildman–Crippen LogP) is 2.90. The lowest BCUT2D eigenvalue weighted by atomic mass is 10.00. The van der Waals surface area contributed by atoms with Crippen molar-refractivity contribution in [2.45, 2.75) is 20.4 Å². The second-order valence-corrected chi connectivity index (χ2v) is 5.23. The fourth-order valence-electron chi connectivity index (χ4n) is 3.00. The van der Waals surface area contributed by atoms with Crippen LogP contribution in [0.15, 0.2) is 24.3 Å². The molecule has 104 valence electrons. The third-order valence-electron chi connectivity index (χ3n) is 3.83. The lowest BCUT2D eigenvalue weighted by Crippen LogP contribution is -2.10. The summed E-state index contributed by atoms with van der Waals surface area (Å²) in [5.41, 5.74) is 7.19. The van der Waals surface area contributed by atoms with Crippen LogP contribution < -0.4 is 5.32 Å². The van der Waals surface area contributed by atoms with E-state index in [0.29, 0.717) is 0 Å². The van der Waals surface area contributed by atoms with Crippen LogP contribution in [0, 0.1) is 13.8 Å². The third-order valence-corrected chi connectivity index (χ3v) is 3.83. The minimum atomic E-state index is 0.811. The third kappa shape index (κ3) is 1.84. The van der Waals surface area contributed by atoms with Gasteiger partial charge in [0.2, 0.25) is 0 Å². The van der Waals surface area contributed by atoms with Crippen molar-refractivity contribution in [3.63, 3.8) is 0 Å². The van der Waals surface area contributed by atoms with Gasteiger partial charge < -0.3 is 10.3 Å². The summed E-state index contributed by atoms with van der Waals surface area (Å²) >= 11 is 0. The van der Waals surface area contributed by atoms with Gasteiger partial charge in [-0.2, -0.15) is 5.10 Å². The number of hydrogen-bond acceptors (Lipinski definition) is 2. The molecule has 4 nitrogen and oxygen atoms in total. The standard InChI is InChI=1S/C16H20N4/c1-10-15(12-7-5-6-8-13(12)18-10)16-11(2)19-20(4)14(16)9-17-3/h5-8,17-18H,9H2,1-4H3. The first-order valence-corrected chi connectivity index (χ1v) is 6.88. The molecule has 0 aliphatic heterocycles.